The molecule has 1 heterocycles. The summed E-state index contributed by atoms with van der Waals surface area (Å²) < 4.78 is 0. The standard InChI is InChI=1S/C17H15N3O/c18-17-14(11-19-20-17)16(21)15(12-7-3-1-4-8-12)13-9-5-2-6-10-13/h1-11,15H,(H3,18,19,20). The van der Waals surface area contributed by atoms with E-state index in [4.69, 9.17) is 5.73 Å². The lowest BCUT2D eigenvalue weighted by molar-refractivity contribution is 0.0975. The fourth-order valence-electron chi connectivity index (χ4n) is 2.43. The quantitative estimate of drug-likeness (QED) is 0.720. The smallest absolute Gasteiger partial charge is 0.180 e. The van der Waals surface area contributed by atoms with Crippen molar-refractivity contribution < 1.29 is 4.79 Å². The molecule has 0 aliphatic heterocycles. The molecule has 0 unspecified atom stereocenters. The number of H-pyrrole nitrogens is 1. The molecule has 3 rings (SSSR count). The Labute approximate surface area is 122 Å². The number of rotatable bonds is 4. The minimum Gasteiger partial charge on any atom is -0.383 e. The van der Waals surface area contributed by atoms with Crippen molar-refractivity contribution >= 4 is 11.6 Å². The van der Waals surface area contributed by atoms with Crippen LogP contribution in [0.5, 0.6) is 0 Å². The number of nitrogen functional groups attached to an aromatic ring is 1. The fourth-order valence-corrected chi connectivity index (χ4v) is 2.43. The summed E-state index contributed by atoms with van der Waals surface area (Å²) in [4.78, 5) is 12.9. The highest BCUT2D eigenvalue weighted by molar-refractivity contribution is 6.05. The van der Waals surface area contributed by atoms with Crippen LogP contribution in [-0.4, -0.2) is 16.0 Å². The zero-order valence-corrected chi connectivity index (χ0v) is 11.4. The number of nitrogens with zero attached hydrogens (tertiary/aromatic N) is 1. The predicted octanol–water partition coefficient (Wildman–Crippen LogP) is 3.01. The van der Waals surface area contributed by atoms with E-state index in [1.54, 1.807) is 0 Å². The minimum absolute atomic E-state index is 0.0568. The van der Waals surface area contributed by atoms with Crippen LogP contribution in [0.1, 0.15) is 27.4 Å². The third kappa shape index (κ3) is 2.56. The second kappa shape index (κ2) is 5.63. The van der Waals surface area contributed by atoms with Crippen LogP contribution in [0.25, 0.3) is 0 Å². The van der Waals surface area contributed by atoms with Gasteiger partial charge in [0.05, 0.1) is 17.7 Å². The zero-order chi connectivity index (χ0) is 14.7. The summed E-state index contributed by atoms with van der Waals surface area (Å²) in [6.07, 6.45) is 1.48. The van der Waals surface area contributed by atoms with E-state index in [0.717, 1.165) is 11.1 Å². The molecule has 4 heteroatoms. The van der Waals surface area contributed by atoms with Crippen LogP contribution in [0.15, 0.2) is 66.9 Å². The van der Waals surface area contributed by atoms with Gasteiger partial charge in [0.1, 0.15) is 5.82 Å². The number of nitrogens with two attached hydrogens (primary N) is 1. The number of anilines is 1. The highest BCUT2D eigenvalue weighted by atomic mass is 16.1. The van der Waals surface area contributed by atoms with Gasteiger partial charge in [-0.25, -0.2) is 0 Å². The van der Waals surface area contributed by atoms with E-state index in [9.17, 15) is 4.79 Å². The lowest BCUT2D eigenvalue weighted by Gasteiger charge is -2.16. The number of hydrogen-bond acceptors (Lipinski definition) is 3. The topological polar surface area (TPSA) is 71.8 Å². The van der Waals surface area contributed by atoms with Gasteiger partial charge >= 0.3 is 0 Å². The maximum absolute atomic E-state index is 12.9. The van der Waals surface area contributed by atoms with Crippen molar-refractivity contribution in [2.24, 2.45) is 0 Å². The Bertz CT molecular complexity index is 695. The molecular formula is C17H15N3O. The van der Waals surface area contributed by atoms with Crippen LogP contribution >= 0.6 is 0 Å². The maximum Gasteiger partial charge on any atom is 0.180 e. The minimum atomic E-state index is -0.382. The van der Waals surface area contributed by atoms with Crippen LogP contribution in [0.4, 0.5) is 5.82 Å². The van der Waals surface area contributed by atoms with Gasteiger partial charge in [0, 0.05) is 0 Å². The highest BCUT2D eigenvalue weighted by Gasteiger charge is 2.26. The molecule has 3 aromatic rings. The summed E-state index contributed by atoms with van der Waals surface area (Å²) in [5.74, 6) is -0.136. The summed E-state index contributed by atoms with van der Waals surface area (Å²) in [5, 5.41) is 6.46. The first kappa shape index (κ1) is 13.1. The molecule has 0 amide bonds. The molecular weight excluding hydrogens is 262 g/mol. The normalized spacial score (nSPS) is 10.7. The highest BCUT2D eigenvalue weighted by Crippen LogP contribution is 2.29. The van der Waals surface area contributed by atoms with Gasteiger partial charge in [0.2, 0.25) is 0 Å². The molecule has 1 aromatic heterocycles. The summed E-state index contributed by atoms with van der Waals surface area (Å²) in [6, 6.07) is 19.4. The van der Waals surface area contributed by atoms with Gasteiger partial charge in [-0.2, -0.15) is 5.10 Å². The number of aromatic nitrogens is 2. The molecule has 0 aliphatic carbocycles. The molecule has 0 radical (unpaired) electrons. The average molecular weight is 277 g/mol. The maximum atomic E-state index is 12.9. The van der Waals surface area contributed by atoms with E-state index in [-0.39, 0.29) is 11.7 Å². The Balaban J connectivity index is 2.09. The molecule has 0 bridgehead atoms. The van der Waals surface area contributed by atoms with E-state index in [1.807, 2.05) is 60.7 Å². The molecule has 2 aromatic carbocycles. The lowest BCUT2D eigenvalue weighted by atomic mass is 9.85. The van der Waals surface area contributed by atoms with Crippen LogP contribution < -0.4 is 5.73 Å². The number of ketones is 1. The summed E-state index contributed by atoms with van der Waals surface area (Å²) in [6.45, 7) is 0. The molecule has 0 aliphatic rings. The molecule has 104 valence electrons. The Morgan fingerprint density at radius 1 is 0.952 bits per heavy atom. The van der Waals surface area contributed by atoms with Crippen molar-refractivity contribution in [3.63, 3.8) is 0 Å². The summed E-state index contributed by atoms with van der Waals surface area (Å²) >= 11 is 0. The van der Waals surface area contributed by atoms with E-state index in [2.05, 4.69) is 10.2 Å². The van der Waals surface area contributed by atoms with Gasteiger partial charge in [-0.05, 0) is 11.1 Å². The number of benzene rings is 2. The van der Waals surface area contributed by atoms with Crippen molar-refractivity contribution in [2.45, 2.75) is 5.92 Å². The average Bonchev–Trinajstić information content (AvgIpc) is 2.96. The predicted molar refractivity (Wildman–Crippen MR) is 82.1 cm³/mol. The first-order valence-electron chi connectivity index (χ1n) is 6.70. The number of Topliss-reactive ketones (excluding diaryl/α,β-unsaturated/α-hetero) is 1. The monoisotopic (exact) mass is 277 g/mol. The SMILES string of the molecule is Nc1[nH]ncc1C(=O)C(c1ccccc1)c1ccccc1. The van der Waals surface area contributed by atoms with Gasteiger partial charge in [-0.1, -0.05) is 60.7 Å². The van der Waals surface area contributed by atoms with Crippen molar-refractivity contribution in [3.05, 3.63) is 83.6 Å². The van der Waals surface area contributed by atoms with Crippen molar-refractivity contribution in [2.75, 3.05) is 5.73 Å². The van der Waals surface area contributed by atoms with Crippen LogP contribution in [0, 0.1) is 0 Å². The van der Waals surface area contributed by atoms with Crippen LogP contribution in [0.2, 0.25) is 0 Å². The second-order valence-corrected chi connectivity index (χ2v) is 4.82. The molecule has 0 saturated carbocycles. The number of aromatic amines is 1. The molecule has 0 fully saturated rings. The Morgan fingerprint density at radius 2 is 1.48 bits per heavy atom. The van der Waals surface area contributed by atoms with Crippen molar-refractivity contribution in [3.8, 4) is 0 Å². The number of carbonyl (C=O) groups is 1. The van der Waals surface area contributed by atoms with Gasteiger partial charge in [0.25, 0.3) is 0 Å². The second-order valence-electron chi connectivity index (χ2n) is 4.82. The van der Waals surface area contributed by atoms with E-state index in [1.165, 1.54) is 6.20 Å². The first-order chi connectivity index (χ1) is 10.3. The van der Waals surface area contributed by atoms with Crippen molar-refractivity contribution in [1.29, 1.82) is 0 Å². The Hall–Kier alpha value is -2.88. The Kier molecular flexibility index (Phi) is 3.51. The van der Waals surface area contributed by atoms with Gasteiger partial charge in [0.15, 0.2) is 5.78 Å². The number of carbonyl (C=O) groups excluding carboxylic acids is 1. The fraction of sp³-hybridized carbons (Fsp3) is 0.0588. The van der Waals surface area contributed by atoms with Gasteiger partial charge < -0.3 is 5.73 Å². The lowest BCUT2D eigenvalue weighted by Crippen LogP contribution is -2.15. The van der Waals surface area contributed by atoms with E-state index >= 15 is 0 Å². The summed E-state index contributed by atoms with van der Waals surface area (Å²) in [5.41, 5.74) is 8.10. The number of hydrogen-bond donors (Lipinski definition) is 2. The third-order valence-corrected chi connectivity index (χ3v) is 3.46. The van der Waals surface area contributed by atoms with E-state index in [0.29, 0.717) is 11.4 Å². The van der Waals surface area contributed by atoms with Gasteiger partial charge in [-0.15, -0.1) is 0 Å². The summed E-state index contributed by atoms with van der Waals surface area (Å²) in [7, 11) is 0. The van der Waals surface area contributed by atoms with Crippen LogP contribution in [-0.2, 0) is 0 Å². The molecule has 0 atom stereocenters. The zero-order valence-electron chi connectivity index (χ0n) is 11.4. The molecule has 0 spiro atoms. The first-order valence-corrected chi connectivity index (χ1v) is 6.70. The molecule has 21 heavy (non-hydrogen) atoms. The molecule has 3 N–H and O–H groups in total. The number of nitrogens with one attached hydrogen (secondary N) is 1. The van der Waals surface area contributed by atoms with Crippen LogP contribution in [0.3, 0.4) is 0 Å². The van der Waals surface area contributed by atoms with E-state index < -0.39 is 0 Å². The van der Waals surface area contributed by atoms with Crippen molar-refractivity contribution in [1.82, 2.24) is 10.2 Å². The third-order valence-electron chi connectivity index (χ3n) is 3.46. The molecule has 0 saturated heterocycles. The largest absolute Gasteiger partial charge is 0.383 e. The Morgan fingerprint density at radius 3 is 1.90 bits per heavy atom. The van der Waals surface area contributed by atoms with Gasteiger partial charge in [-0.3, -0.25) is 9.89 Å². The molecule has 4 nitrogen and oxygen atoms in total.